The van der Waals surface area contributed by atoms with Gasteiger partial charge in [0.15, 0.2) is 0 Å². The minimum atomic E-state index is -0.620. The molecule has 1 aromatic heterocycles. The number of methoxy groups -OCH3 is 1. The maximum absolute atomic E-state index is 11.2. The van der Waals surface area contributed by atoms with Gasteiger partial charge < -0.3 is 9.57 Å². The fraction of sp³-hybridized carbons (Fsp3) is 0.300. The van der Waals surface area contributed by atoms with E-state index in [2.05, 4.69) is 14.9 Å². The van der Waals surface area contributed by atoms with Crippen LogP contribution in [-0.4, -0.2) is 29.9 Å². The van der Waals surface area contributed by atoms with Crippen LogP contribution in [0.4, 0.5) is 0 Å². The van der Waals surface area contributed by atoms with Gasteiger partial charge in [-0.25, -0.2) is 4.79 Å². The van der Waals surface area contributed by atoms with Crippen LogP contribution < -0.4 is 0 Å². The SMILES string of the molecule is COC(=O)[C@@H]1CC(c2cccnc2)=NO1. The Morgan fingerprint density at radius 1 is 1.67 bits per heavy atom. The van der Waals surface area contributed by atoms with E-state index in [4.69, 9.17) is 4.84 Å². The number of carbonyl (C=O) groups excluding carboxylic acids is 1. The molecule has 0 aliphatic carbocycles. The van der Waals surface area contributed by atoms with Crippen molar-refractivity contribution < 1.29 is 14.4 Å². The van der Waals surface area contributed by atoms with Gasteiger partial charge >= 0.3 is 5.97 Å². The second-order valence-electron chi connectivity index (χ2n) is 3.10. The molecule has 2 heterocycles. The Bertz CT molecular complexity index is 389. The van der Waals surface area contributed by atoms with E-state index < -0.39 is 12.1 Å². The molecule has 0 bridgehead atoms. The molecule has 5 nitrogen and oxygen atoms in total. The topological polar surface area (TPSA) is 60.8 Å². The van der Waals surface area contributed by atoms with Crippen LogP contribution in [0, 0.1) is 0 Å². The molecule has 0 fully saturated rings. The molecule has 0 amide bonds. The summed E-state index contributed by atoms with van der Waals surface area (Å²) in [5, 5.41) is 3.83. The second-order valence-corrected chi connectivity index (χ2v) is 3.10. The van der Waals surface area contributed by atoms with Crippen molar-refractivity contribution in [2.75, 3.05) is 7.11 Å². The van der Waals surface area contributed by atoms with Crippen molar-refractivity contribution in [2.45, 2.75) is 12.5 Å². The maximum atomic E-state index is 11.2. The number of esters is 1. The van der Waals surface area contributed by atoms with E-state index in [1.54, 1.807) is 12.4 Å². The number of hydrogen-bond acceptors (Lipinski definition) is 5. The summed E-state index contributed by atoms with van der Waals surface area (Å²) in [5.41, 5.74) is 1.59. The molecule has 0 N–H and O–H groups in total. The van der Waals surface area contributed by atoms with E-state index in [-0.39, 0.29) is 0 Å². The Morgan fingerprint density at radius 2 is 2.53 bits per heavy atom. The monoisotopic (exact) mass is 206 g/mol. The Labute approximate surface area is 86.7 Å². The molecular weight excluding hydrogens is 196 g/mol. The fourth-order valence-electron chi connectivity index (χ4n) is 1.34. The molecule has 5 heteroatoms. The molecule has 0 saturated heterocycles. The van der Waals surface area contributed by atoms with Gasteiger partial charge in [0.2, 0.25) is 6.10 Å². The Morgan fingerprint density at radius 3 is 3.20 bits per heavy atom. The van der Waals surface area contributed by atoms with E-state index in [9.17, 15) is 4.79 Å². The molecule has 1 aliphatic rings. The van der Waals surface area contributed by atoms with Crippen LogP contribution in [0.1, 0.15) is 12.0 Å². The summed E-state index contributed by atoms with van der Waals surface area (Å²) in [4.78, 5) is 20.1. The highest BCUT2D eigenvalue weighted by Gasteiger charge is 2.29. The standard InChI is InChI=1S/C10H10N2O3/c1-14-10(13)9-5-8(12-15-9)7-3-2-4-11-6-7/h2-4,6,9H,5H2,1H3/t9-/m0/s1. The van der Waals surface area contributed by atoms with E-state index in [1.807, 2.05) is 12.1 Å². The average molecular weight is 206 g/mol. The quantitative estimate of drug-likeness (QED) is 0.670. The van der Waals surface area contributed by atoms with E-state index in [0.717, 1.165) is 11.3 Å². The van der Waals surface area contributed by atoms with Crippen LogP contribution in [0.3, 0.4) is 0 Å². The normalized spacial score (nSPS) is 19.3. The Kier molecular flexibility index (Phi) is 2.62. The molecule has 0 spiro atoms. The molecule has 1 aliphatic heterocycles. The van der Waals surface area contributed by atoms with Gasteiger partial charge in [-0.2, -0.15) is 0 Å². The molecular formula is C10H10N2O3. The van der Waals surface area contributed by atoms with Gasteiger partial charge in [-0.1, -0.05) is 5.16 Å². The van der Waals surface area contributed by atoms with Gasteiger partial charge in [-0.15, -0.1) is 0 Å². The molecule has 0 saturated carbocycles. The predicted molar refractivity (Wildman–Crippen MR) is 52.3 cm³/mol. The first kappa shape index (κ1) is 9.64. The van der Waals surface area contributed by atoms with Gasteiger partial charge in [-0.3, -0.25) is 4.98 Å². The van der Waals surface area contributed by atoms with Crippen LogP contribution in [0.2, 0.25) is 0 Å². The van der Waals surface area contributed by atoms with Crippen molar-refractivity contribution in [3.63, 3.8) is 0 Å². The minimum absolute atomic E-state index is 0.405. The minimum Gasteiger partial charge on any atom is -0.466 e. The van der Waals surface area contributed by atoms with Crippen LogP contribution in [0.15, 0.2) is 29.7 Å². The third-order valence-electron chi connectivity index (χ3n) is 2.13. The lowest BCUT2D eigenvalue weighted by Crippen LogP contribution is -2.22. The maximum Gasteiger partial charge on any atom is 0.350 e. The number of rotatable bonds is 2. The zero-order valence-corrected chi connectivity index (χ0v) is 8.21. The van der Waals surface area contributed by atoms with Gasteiger partial charge in [0.1, 0.15) is 0 Å². The first-order valence-corrected chi connectivity index (χ1v) is 4.52. The Balaban J connectivity index is 2.07. The Hall–Kier alpha value is -1.91. The van der Waals surface area contributed by atoms with Crippen LogP contribution in [0.5, 0.6) is 0 Å². The zero-order valence-electron chi connectivity index (χ0n) is 8.21. The summed E-state index contributed by atoms with van der Waals surface area (Å²) in [7, 11) is 1.33. The second kappa shape index (κ2) is 4.08. The van der Waals surface area contributed by atoms with Crippen molar-refractivity contribution in [1.82, 2.24) is 4.98 Å². The molecule has 0 aromatic carbocycles. The fourth-order valence-corrected chi connectivity index (χ4v) is 1.34. The lowest BCUT2D eigenvalue weighted by molar-refractivity contribution is -0.152. The summed E-state index contributed by atoms with van der Waals surface area (Å²) in [6.07, 6.45) is 3.17. The van der Waals surface area contributed by atoms with Crippen molar-refractivity contribution in [3.05, 3.63) is 30.1 Å². The third kappa shape index (κ3) is 1.96. The highest BCUT2D eigenvalue weighted by Crippen LogP contribution is 2.16. The van der Waals surface area contributed by atoms with E-state index in [0.29, 0.717) is 6.42 Å². The molecule has 1 atom stereocenters. The number of ether oxygens (including phenoxy) is 1. The third-order valence-corrected chi connectivity index (χ3v) is 2.13. The molecule has 0 unspecified atom stereocenters. The number of carbonyl (C=O) groups is 1. The van der Waals surface area contributed by atoms with Gasteiger partial charge in [0.05, 0.1) is 12.8 Å². The van der Waals surface area contributed by atoms with Crippen LogP contribution in [-0.2, 0) is 14.4 Å². The lowest BCUT2D eigenvalue weighted by Gasteiger charge is -2.03. The molecule has 1 aromatic rings. The zero-order chi connectivity index (χ0) is 10.7. The van der Waals surface area contributed by atoms with E-state index in [1.165, 1.54) is 7.11 Å². The number of nitrogens with zero attached hydrogens (tertiary/aromatic N) is 2. The van der Waals surface area contributed by atoms with Crippen molar-refractivity contribution in [1.29, 1.82) is 0 Å². The molecule has 78 valence electrons. The summed E-state index contributed by atoms with van der Waals surface area (Å²) < 4.78 is 4.57. The summed E-state index contributed by atoms with van der Waals surface area (Å²) in [6, 6.07) is 3.68. The molecule has 2 rings (SSSR count). The van der Waals surface area contributed by atoms with Crippen LogP contribution >= 0.6 is 0 Å². The highest BCUT2D eigenvalue weighted by atomic mass is 16.7. The number of oxime groups is 1. The number of hydrogen-bond donors (Lipinski definition) is 0. The smallest absolute Gasteiger partial charge is 0.350 e. The lowest BCUT2D eigenvalue weighted by atomic mass is 10.1. The molecule has 0 radical (unpaired) electrons. The number of pyridine rings is 1. The average Bonchev–Trinajstić information content (AvgIpc) is 2.78. The predicted octanol–water partition coefficient (Wildman–Crippen LogP) is 0.748. The largest absolute Gasteiger partial charge is 0.466 e. The summed E-state index contributed by atoms with van der Waals surface area (Å²) >= 11 is 0. The van der Waals surface area contributed by atoms with Gasteiger partial charge in [0, 0.05) is 24.4 Å². The first-order chi connectivity index (χ1) is 7.31. The highest BCUT2D eigenvalue weighted by molar-refractivity contribution is 6.03. The number of aromatic nitrogens is 1. The van der Waals surface area contributed by atoms with Crippen molar-refractivity contribution in [2.24, 2.45) is 5.16 Å². The van der Waals surface area contributed by atoms with Gasteiger partial charge in [-0.05, 0) is 12.1 Å². The van der Waals surface area contributed by atoms with Crippen LogP contribution in [0.25, 0.3) is 0 Å². The summed E-state index contributed by atoms with van der Waals surface area (Å²) in [6.45, 7) is 0. The van der Waals surface area contributed by atoms with Crippen molar-refractivity contribution >= 4 is 11.7 Å². The summed E-state index contributed by atoms with van der Waals surface area (Å²) in [5.74, 6) is -0.405. The molecule has 15 heavy (non-hydrogen) atoms. The first-order valence-electron chi connectivity index (χ1n) is 4.52. The van der Waals surface area contributed by atoms with E-state index >= 15 is 0 Å². The van der Waals surface area contributed by atoms with Crippen molar-refractivity contribution in [3.8, 4) is 0 Å². The van der Waals surface area contributed by atoms with Gasteiger partial charge in [0.25, 0.3) is 0 Å².